The summed E-state index contributed by atoms with van der Waals surface area (Å²) in [4.78, 5) is 19.0. The summed E-state index contributed by atoms with van der Waals surface area (Å²) in [7, 11) is 0. The van der Waals surface area contributed by atoms with Gasteiger partial charge >= 0.3 is 5.69 Å². The van der Waals surface area contributed by atoms with Gasteiger partial charge in [0.25, 0.3) is 0 Å². The minimum absolute atomic E-state index is 0.00208. The fraction of sp³-hybridized carbons (Fsp3) is 0.273. The van der Waals surface area contributed by atoms with Gasteiger partial charge in [-0.25, -0.2) is 9.97 Å². The number of thiazole rings is 1. The quantitative estimate of drug-likeness (QED) is 0.650. The topological polar surface area (TPSA) is 81.0 Å². The summed E-state index contributed by atoms with van der Waals surface area (Å²) in [6.45, 7) is 2.83. The minimum atomic E-state index is -0.424. The van der Waals surface area contributed by atoms with Crippen LogP contribution in [0.3, 0.4) is 0 Å². The van der Waals surface area contributed by atoms with Gasteiger partial charge in [0.2, 0.25) is 0 Å². The Morgan fingerprint density at radius 1 is 1.53 bits per heavy atom. The number of hydrogen-bond acceptors (Lipinski definition) is 7. The highest BCUT2D eigenvalue weighted by Crippen LogP contribution is 2.34. The average Bonchev–Trinajstić information content (AvgIpc) is 2.89. The van der Waals surface area contributed by atoms with Crippen LogP contribution in [0.5, 0.6) is 0 Å². The molecule has 2 aromatic heterocycles. The molecule has 0 aliphatic rings. The molecule has 0 saturated heterocycles. The minimum Gasteiger partial charge on any atom is -0.370 e. The second-order valence-corrected chi connectivity index (χ2v) is 5.74. The van der Waals surface area contributed by atoms with Crippen LogP contribution < -0.4 is 5.32 Å². The van der Waals surface area contributed by atoms with Gasteiger partial charge in [-0.2, -0.15) is 0 Å². The summed E-state index contributed by atoms with van der Waals surface area (Å²) < 4.78 is 0.739. The van der Waals surface area contributed by atoms with E-state index in [1.54, 1.807) is 12.3 Å². The van der Waals surface area contributed by atoms with E-state index in [0.717, 1.165) is 17.3 Å². The van der Waals surface area contributed by atoms with Crippen LogP contribution >= 0.6 is 23.1 Å². The molecule has 1 N–H and O–H groups in total. The van der Waals surface area contributed by atoms with Crippen LogP contribution in [-0.2, 0) is 0 Å². The van der Waals surface area contributed by atoms with Crippen LogP contribution in [-0.4, -0.2) is 21.4 Å². The standard InChI is InChI=1S/C11H12N4O2S2/c1-2-5-12-9-4-3-8(15(16)17)10(14-9)19-11-13-6-7-18-11/h3-4,6-7H,2,5H2,1H3,(H,12,14). The Balaban J connectivity index is 2.27. The van der Waals surface area contributed by atoms with Gasteiger partial charge in [-0.1, -0.05) is 6.92 Å². The van der Waals surface area contributed by atoms with Gasteiger partial charge in [0.1, 0.15) is 5.82 Å². The van der Waals surface area contributed by atoms with Crippen molar-refractivity contribution in [1.82, 2.24) is 9.97 Å². The smallest absolute Gasteiger partial charge is 0.301 e. The molecule has 6 nitrogen and oxygen atoms in total. The maximum absolute atomic E-state index is 11.0. The number of pyridine rings is 1. The lowest BCUT2D eigenvalue weighted by Crippen LogP contribution is -2.03. The van der Waals surface area contributed by atoms with E-state index in [1.165, 1.54) is 29.2 Å². The summed E-state index contributed by atoms with van der Waals surface area (Å²) in [5, 5.41) is 16.3. The molecular formula is C11H12N4O2S2. The second kappa shape index (κ2) is 6.48. The van der Waals surface area contributed by atoms with Gasteiger partial charge in [-0.3, -0.25) is 10.1 Å². The van der Waals surface area contributed by atoms with Gasteiger partial charge in [-0.15, -0.1) is 11.3 Å². The third kappa shape index (κ3) is 3.65. The molecule has 2 aromatic rings. The molecule has 0 aliphatic carbocycles. The normalized spacial score (nSPS) is 10.4. The third-order valence-electron chi connectivity index (χ3n) is 2.19. The lowest BCUT2D eigenvalue weighted by molar-refractivity contribution is -0.388. The van der Waals surface area contributed by atoms with E-state index in [1.807, 2.05) is 12.3 Å². The van der Waals surface area contributed by atoms with E-state index in [9.17, 15) is 10.1 Å². The summed E-state index contributed by atoms with van der Waals surface area (Å²) in [5.41, 5.74) is 0.00208. The predicted octanol–water partition coefficient (Wildman–Crippen LogP) is 3.42. The number of rotatable bonds is 6. The molecule has 0 saturated carbocycles. The van der Waals surface area contributed by atoms with E-state index in [0.29, 0.717) is 10.8 Å². The highest BCUT2D eigenvalue weighted by molar-refractivity contribution is 8.01. The lowest BCUT2D eigenvalue weighted by atomic mass is 10.4. The van der Waals surface area contributed by atoms with Crippen molar-refractivity contribution in [2.24, 2.45) is 0 Å². The van der Waals surface area contributed by atoms with Gasteiger partial charge < -0.3 is 5.32 Å². The van der Waals surface area contributed by atoms with E-state index in [4.69, 9.17) is 0 Å². The summed E-state index contributed by atoms with van der Waals surface area (Å²) in [6.07, 6.45) is 2.63. The van der Waals surface area contributed by atoms with Crippen molar-refractivity contribution in [1.29, 1.82) is 0 Å². The zero-order chi connectivity index (χ0) is 13.7. The number of hydrogen-bond donors (Lipinski definition) is 1. The van der Waals surface area contributed by atoms with Crippen molar-refractivity contribution < 1.29 is 4.92 Å². The van der Waals surface area contributed by atoms with Gasteiger partial charge in [0.05, 0.1) is 4.92 Å². The SMILES string of the molecule is CCCNc1ccc([N+](=O)[O-])c(Sc2nccs2)n1. The van der Waals surface area contributed by atoms with E-state index in [2.05, 4.69) is 15.3 Å². The number of aromatic nitrogens is 2. The maximum atomic E-state index is 11.0. The molecule has 0 amide bonds. The van der Waals surface area contributed by atoms with E-state index >= 15 is 0 Å². The summed E-state index contributed by atoms with van der Waals surface area (Å²) in [6, 6.07) is 3.10. The van der Waals surface area contributed by atoms with Crippen molar-refractivity contribution in [3.8, 4) is 0 Å². The molecule has 0 aromatic carbocycles. The fourth-order valence-electron chi connectivity index (χ4n) is 1.34. The predicted molar refractivity (Wildman–Crippen MR) is 75.9 cm³/mol. The van der Waals surface area contributed by atoms with Gasteiger partial charge in [-0.05, 0) is 24.2 Å². The fourth-order valence-corrected chi connectivity index (χ4v) is 2.97. The number of anilines is 1. The first-order valence-electron chi connectivity index (χ1n) is 5.67. The molecule has 100 valence electrons. The Morgan fingerprint density at radius 3 is 3.00 bits per heavy atom. The van der Waals surface area contributed by atoms with Crippen LogP contribution in [0, 0.1) is 10.1 Å². The molecule has 8 heteroatoms. The van der Waals surface area contributed by atoms with Crippen LogP contribution in [0.15, 0.2) is 33.1 Å². The molecule has 0 spiro atoms. The molecular weight excluding hydrogens is 284 g/mol. The molecule has 2 rings (SSSR count). The first-order valence-corrected chi connectivity index (χ1v) is 7.37. The van der Waals surface area contributed by atoms with Crippen LogP contribution in [0.25, 0.3) is 0 Å². The lowest BCUT2D eigenvalue weighted by Gasteiger charge is -2.05. The van der Waals surface area contributed by atoms with Crippen molar-refractivity contribution in [2.45, 2.75) is 22.7 Å². The Kier molecular flexibility index (Phi) is 4.69. The third-order valence-corrected chi connectivity index (χ3v) is 4.06. The van der Waals surface area contributed by atoms with Crippen LogP contribution in [0.2, 0.25) is 0 Å². The largest absolute Gasteiger partial charge is 0.370 e. The molecule has 0 aliphatic heterocycles. The van der Waals surface area contributed by atoms with Gasteiger partial charge in [0.15, 0.2) is 9.37 Å². The molecule has 0 atom stereocenters. The zero-order valence-corrected chi connectivity index (χ0v) is 11.8. The Labute approximate surface area is 118 Å². The second-order valence-electron chi connectivity index (χ2n) is 3.60. The Morgan fingerprint density at radius 2 is 2.37 bits per heavy atom. The van der Waals surface area contributed by atoms with Crippen molar-refractivity contribution in [3.05, 3.63) is 33.8 Å². The van der Waals surface area contributed by atoms with Crippen LogP contribution in [0.1, 0.15) is 13.3 Å². The highest BCUT2D eigenvalue weighted by Gasteiger charge is 2.18. The van der Waals surface area contributed by atoms with Crippen molar-refractivity contribution in [3.63, 3.8) is 0 Å². The monoisotopic (exact) mass is 296 g/mol. The van der Waals surface area contributed by atoms with E-state index in [-0.39, 0.29) is 5.69 Å². The zero-order valence-electron chi connectivity index (χ0n) is 10.2. The highest BCUT2D eigenvalue weighted by atomic mass is 32.2. The first kappa shape index (κ1) is 13.8. The maximum Gasteiger partial charge on any atom is 0.301 e. The number of nitro groups is 1. The van der Waals surface area contributed by atoms with Crippen molar-refractivity contribution >= 4 is 34.6 Å². The van der Waals surface area contributed by atoms with E-state index < -0.39 is 4.92 Å². The Hall–Kier alpha value is -1.67. The molecule has 19 heavy (non-hydrogen) atoms. The molecule has 2 heterocycles. The summed E-state index contributed by atoms with van der Waals surface area (Å²) >= 11 is 2.64. The molecule has 0 radical (unpaired) electrons. The Bertz CT molecular complexity index is 560. The average molecular weight is 296 g/mol. The number of nitrogens with zero attached hydrogens (tertiary/aromatic N) is 3. The molecule has 0 unspecified atom stereocenters. The van der Waals surface area contributed by atoms with Gasteiger partial charge in [0, 0.05) is 24.2 Å². The molecule has 0 bridgehead atoms. The van der Waals surface area contributed by atoms with Crippen LogP contribution in [0.4, 0.5) is 11.5 Å². The molecule has 0 fully saturated rings. The number of nitrogens with one attached hydrogen (secondary N) is 1. The van der Waals surface area contributed by atoms with Crippen molar-refractivity contribution in [2.75, 3.05) is 11.9 Å². The first-order chi connectivity index (χ1) is 9.20. The summed E-state index contributed by atoms with van der Waals surface area (Å²) in [5.74, 6) is 0.645.